The summed E-state index contributed by atoms with van der Waals surface area (Å²) >= 11 is 0. The topological polar surface area (TPSA) is 75.3 Å². The molecule has 4 N–H and O–H groups in total. The Morgan fingerprint density at radius 3 is 2.62 bits per heavy atom. The van der Waals surface area contributed by atoms with E-state index in [1.807, 2.05) is 0 Å². The Morgan fingerprint density at radius 2 is 2.12 bits per heavy atom. The quantitative estimate of drug-likeness (QED) is 0.382. The van der Waals surface area contributed by atoms with Crippen LogP contribution in [0.2, 0.25) is 6.32 Å². The summed E-state index contributed by atoms with van der Waals surface area (Å²) in [5.41, 5.74) is 4.71. The normalized spacial score (nSPS) is 14.6. The van der Waals surface area contributed by atoms with E-state index in [4.69, 9.17) is 18.7 Å². The minimum atomic E-state index is -1.15. The fourth-order valence-corrected chi connectivity index (χ4v) is 1.47. The van der Waals surface area contributed by atoms with E-state index in [2.05, 4.69) is 12.2 Å². The first-order valence-electron chi connectivity index (χ1n) is 6.00. The Balaban J connectivity index is 3.96. The van der Waals surface area contributed by atoms with Gasteiger partial charge in [-0.15, -0.1) is 0 Å². The lowest BCUT2D eigenvalue weighted by Crippen LogP contribution is -2.55. The third-order valence-corrected chi connectivity index (χ3v) is 2.65. The Kier molecular flexibility index (Phi) is 8.30. The fourth-order valence-electron chi connectivity index (χ4n) is 1.47. The largest absolute Gasteiger partial charge is 0.480 e. The standard InChI is InChI=1S/C11H23BN2O2/c1-2-3-8-14-9-11(13,10(15)16)6-4-5-7-12/h14H,2-9,13H2,1H3,(H,15,16). The lowest BCUT2D eigenvalue weighted by molar-refractivity contribution is -0.143. The van der Waals surface area contributed by atoms with Crippen LogP contribution in [0.15, 0.2) is 0 Å². The number of nitrogens with one attached hydrogen (secondary N) is 1. The monoisotopic (exact) mass is 226 g/mol. The van der Waals surface area contributed by atoms with Crippen molar-refractivity contribution in [2.45, 2.75) is 50.9 Å². The van der Waals surface area contributed by atoms with Crippen LogP contribution in [-0.4, -0.2) is 37.6 Å². The molecule has 0 aromatic heterocycles. The number of carboxylic acids is 1. The van der Waals surface area contributed by atoms with Crippen LogP contribution < -0.4 is 11.1 Å². The zero-order chi connectivity index (χ0) is 12.4. The average molecular weight is 226 g/mol. The highest BCUT2D eigenvalue weighted by molar-refractivity contribution is 6.08. The molecule has 0 aliphatic carbocycles. The Labute approximate surface area is 99.4 Å². The van der Waals surface area contributed by atoms with Crippen LogP contribution in [0.1, 0.15) is 39.0 Å². The lowest BCUT2D eigenvalue weighted by Gasteiger charge is -2.25. The highest BCUT2D eigenvalue weighted by Gasteiger charge is 2.32. The molecule has 0 bridgehead atoms. The van der Waals surface area contributed by atoms with Crippen molar-refractivity contribution in [3.05, 3.63) is 0 Å². The van der Waals surface area contributed by atoms with Gasteiger partial charge in [0.05, 0.1) is 7.85 Å². The van der Waals surface area contributed by atoms with E-state index in [-0.39, 0.29) is 0 Å². The molecule has 0 rings (SSSR count). The third kappa shape index (κ3) is 6.13. The van der Waals surface area contributed by atoms with Crippen molar-refractivity contribution in [3.8, 4) is 0 Å². The van der Waals surface area contributed by atoms with Crippen LogP contribution in [0.25, 0.3) is 0 Å². The second-order valence-electron chi connectivity index (χ2n) is 4.24. The van der Waals surface area contributed by atoms with Crippen LogP contribution in [0.5, 0.6) is 0 Å². The van der Waals surface area contributed by atoms with Crippen molar-refractivity contribution < 1.29 is 9.90 Å². The van der Waals surface area contributed by atoms with Crippen molar-refractivity contribution in [1.29, 1.82) is 0 Å². The Hall–Kier alpha value is -0.545. The van der Waals surface area contributed by atoms with Gasteiger partial charge in [0, 0.05) is 6.54 Å². The molecule has 4 nitrogen and oxygen atoms in total. The SMILES string of the molecule is [B]CCCCC(N)(CNCCCC)C(=O)O. The molecular weight excluding hydrogens is 203 g/mol. The van der Waals surface area contributed by atoms with Crippen LogP contribution in [0, 0.1) is 0 Å². The van der Waals surface area contributed by atoms with E-state index >= 15 is 0 Å². The van der Waals surface area contributed by atoms with Gasteiger partial charge in [-0.3, -0.25) is 4.79 Å². The molecule has 16 heavy (non-hydrogen) atoms. The van der Waals surface area contributed by atoms with Crippen LogP contribution in [0.3, 0.4) is 0 Å². The predicted molar refractivity (Wildman–Crippen MR) is 66.7 cm³/mol. The molecule has 5 heteroatoms. The molecule has 92 valence electrons. The first-order valence-corrected chi connectivity index (χ1v) is 6.00. The van der Waals surface area contributed by atoms with E-state index in [1.54, 1.807) is 0 Å². The average Bonchev–Trinajstić information content (AvgIpc) is 2.25. The zero-order valence-corrected chi connectivity index (χ0v) is 10.2. The van der Waals surface area contributed by atoms with Gasteiger partial charge in [0.1, 0.15) is 5.54 Å². The summed E-state index contributed by atoms with van der Waals surface area (Å²) in [6.45, 7) is 3.24. The molecular formula is C11H23BN2O2. The summed E-state index contributed by atoms with van der Waals surface area (Å²) < 4.78 is 0. The molecule has 0 aliphatic heterocycles. The van der Waals surface area contributed by atoms with E-state index in [0.29, 0.717) is 19.3 Å². The van der Waals surface area contributed by atoms with E-state index < -0.39 is 11.5 Å². The number of aliphatic carboxylic acids is 1. The number of rotatable bonds is 10. The maximum Gasteiger partial charge on any atom is 0.325 e. The first kappa shape index (κ1) is 15.5. The summed E-state index contributed by atoms with van der Waals surface area (Å²) in [4.78, 5) is 11.1. The summed E-state index contributed by atoms with van der Waals surface area (Å²) in [6.07, 6.45) is 4.76. The van der Waals surface area contributed by atoms with Gasteiger partial charge in [0.25, 0.3) is 0 Å². The number of carbonyl (C=O) groups is 1. The second-order valence-corrected chi connectivity index (χ2v) is 4.24. The molecule has 0 aromatic rings. The van der Waals surface area contributed by atoms with Crippen molar-refractivity contribution in [2.24, 2.45) is 5.73 Å². The number of hydrogen-bond donors (Lipinski definition) is 3. The van der Waals surface area contributed by atoms with E-state index in [9.17, 15) is 4.79 Å². The van der Waals surface area contributed by atoms with Crippen molar-refractivity contribution in [3.63, 3.8) is 0 Å². The molecule has 0 fully saturated rings. The number of carboxylic acid groups (broad SMARTS) is 1. The van der Waals surface area contributed by atoms with Gasteiger partial charge in [0.15, 0.2) is 0 Å². The molecule has 0 spiro atoms. The summed E-state index contributed by atoms with van der Waals surface area (Å²) in [5, 5.41) is 12.2. The Bertz CT molecular complexity index is 202. The van der Waals surface area contributed by atoms with Gasteiger partial charge in [-0.05, 0) is 19.4 Å². The van der Waals surface area contributed by atoms with Crippen molar-refractivity contribution in [1.82, 2.24) is 5.32 Å². The molecule has 0 amide bonds. The van der Waals surface area contributed by atoms with Crippen LogP contribution in [0.4, 0.5) is 0 Å². The number of unbranched alkanes of at least 4 members (excludes halogenated alkanes) is 2. The van der Waals surface area contributed by atoms with Gasteiger partial charge in [0.2, 0.25) is 0 Å². The van der Waals surface area contributed by atoms with Gasteiger partial charge in [-0.2, -0.15) is 0 Å². The fraction of sp³-hybridized carbons (Fsp3) is 0.909. The highest BCUT2D eigenvalue weighted by Crippen LogP contribution is 2.12. The molecule has 1 unspecified atom stereocenters. The first-order chi connectivity index (χ1) is 7.56. The zero-order valence-electron chi connectivity index (χ0n) is 10.2. The van der Waals surface area contributed by atoms with Gasteiger partial charge >= 0.3 is 5.97 Å². The van der Waals surface area contributed by atoms with Crippen molar-refractivity contribution >= 4 is 13.8 Å². The second kappa shape index (κ2) is 8.59. The molecule has 0 saturated carbocycles. The van der Waals surface area contributed by atoms with Gasteiger partial charge < -0.3 is 16.2 Å². The maximum atomic E-state index is 11.1. The molecule has 0 aliphatic rings. The van der Waals surface area contributed by atoms with Crippen molar-refractivity contribution in [2.75, 3.05) is 13.1 Å². The van der Waals surface area contributed by atoms with Gasteiger partial charge in [-0.25, -0.2) is 0 Å². The molecule has 0 saturated heterocycles. The predicted octanol–water partition coefficient (Wildman–Crippen LogP) is 0.915. The minimum Gasteiger partial charge on any atom is -0.480 e. The Morgan fingerprint density at radius 1 is 1.44 bits per heavy atom. The summed E-state index contributed by atoms with van der Waals surface area (Å²) in [7, 11) is 5.37. The van der Waals surface area contributed by atoms with E-state index in [1.165, 1.54) is 0 Å². The molecule has 2 radical (unpaired) electrons. The highest BCUT2D eigenvalue weighted by atomic mass is 16.4. The lowest BCUT2D eigenvalue weighted by atomic mass is 9.90. The third-order valence-electron chi connectivity index (χ3n) is 2.65. The van der Waals surface area contributed by atoms with E-state index in [0.717, 1.165) is 32.2 Å². The van der Waals surface area contributed by atoms with Crippen LogP contribution in [-0.2, 0) is 4.79 Å². The molecule has 0 heterocycles. The summed E-state index contributed by atoms with van der Waals surface area (Å²) in [6, 6.07) is 0. The molecule has 1 atom stereocenters. The molecule has 0 aromatic carbocycles. The number of hydrogen-bond acceptors (Lipinski definition) is 3. The van der Waals surface area contributed by atoms with Gasteiger partial charge in [-0.1, -0.05) is 32.5 Å². The smallest absolute Gasteiger partial charge is 0.325 e. The maximum absolute atomic E-state index is 11.1. The van der Waals surface area contributed by atoms with Crippen LogP contribution >= 0.6 is 0 Å². The number of nitrogens with two attached hydrogens (primary N) is 1. The summed E-state index contributed by atoms with van der Waals surface area (Å²) in [5.74, 6) is -0.937. The minimum absolute atomic E-state index is 0.326.